The molecule has 0 aliphatic rings. The van der Waals surface area contributed by atoms with Crippen LogP contribution in [-0.4, -0.2) is 15.9 Å². The summed E-state index contributed by atoms with van der Waals surface area (Å²) in [5, 5.41) is 11.0. The molecule has 0 saturated heterocycles. The summed E-state index contributed by atoms with van der Waals surface area (Å²) in [6, 6.07) is 7.64. The Kier molecular flexibility index (Phi) is 2.79. The number of ketones is 1. The number of fused-ring (bicyclic) bond motifs is 1. The minimum atomic E-state index is -1.06. The molecule has 0 aliphatic heterocycles. The molecule has 0 bridgehead atoms. The third-order valence-electron chi connectivity index (χ3n) is 2.90. The quantitative estimate of drug-likeness (QED) is 0.835. The van der Waals surface area contributed by atoms with Crippen LogP contribution in [0.3, 0.4) is 0 Å². The number of nitrogens with one attached hydrogen (secondary N) is 1. The van der Waals surface area contributed by atoms with E-state index in [1.165, 1.54) is 0 Å². The van der Waals surface area contributed by atoms with E-state index in [0.717, 1.165) is 10.9 Å². The number of hydrogen-bond donors (Lipinski definition) is 2. The average Bonchev–Trinajstić information content (AvgIpc) is 2.69. The van der Waals surface area contributed by atoms with E-state index >= 15 is 0 Å². The average molecular weight is 231 g/mol. The number of aliphatic hydroxyl groups is 1. The monoisotopic (exact) mass is 231 g/mol. The molecule has 0 spiro atoms. The van der Waals surface area contributed by atoms with Crippen molar-refractivity contribution >= 4 is 16.7 Å². The Hall–Kier alpha value is -1.61. The second kappa shape index (κ2) is 4.00. The van der Waals surface area contributed by atoms with Crippen LogP contribution >= 0.6 is 0 Å². The first-order valence-corrected chi connectivity index (χ1v) is 5.69. The first kappa shape index (κ1) is 11.9. The number of rotatable bonds is 2. The van der Waals surface area contributed by atoms with E-state index in [4.69, 9.17) is 0 Å². The highest BCUT2D eigenvalue weighted by atomic mass is 16.3. The molecule has 0 saturated carbocycles. The van der Waals surface area contributed by atoms with Crippen molar-refractivity contribution in [2.45, 2.75) is 26.9 Å². The van der Waals surface area contributed by atoms with Gasteiger partial charge >= 0.3 is 0 Å². The summed E-state index contributed by atoms with van der Waals surface area (Å²) in [5.74, 6) is -0.165. The molecule has 1 aromatic carbocycles. The van der Waals surface area contributed by atoms with Crippen molar-refractivity contribution in [3.05, 3.63) is 36.0 Å². The van der Waals surface area contributed by atoms with Gasteiger partial charge in [0, 0.05) is 28.1 Å². The smallest absolute Gasteiger partial charge is 0.171 e. The number of para-hydroxylation sites is 1. The second-order valence-corrected chi connectivity index (χ2v) is 5.31. The second-order valence-electron chi connectivity index (χ2n) is 5.31. The highest BCUT2D eigenvalue weighted by Gasteiger charge is 2.30. The van der Waals surface area contributed by atoms with Crippen molar-refractivity contribution in [3.8, 4) is 0 Å². The number of carbonyl (C=O) groups is 1. The summed E-state index contributed by atoms with van der Waals surface area (Å²) in [4.78, 5) is 15.1. The molecule has 0 amide bonds. The maximum atomic E-state index is 12.0. The van der Waals surface area contributed by atoms with Gasteiger partial charge in [-0.2, -0.15) is 0 Å². The van der Waals surface area contributed by atoms with Crippen molar-refractivity contribution in [2.75, 3.05) is 0 Å². The van der Waals surface area contributed by atoms with Crippen LogP contribution in [0.2, 0.25) is 0 Å². The maximum absolute atomic E-state index is 12.0. The SMILES string of the molecule is CC(C)(C)C(=O)C(O)c1c[nH]c2ccccc12. The van der Waals surface area contributed by atoms with Gasteiger partial charge in [-0.15, -0.1) is 0 Å². The third-order valence-corrected chi connectivity index (χ3v) is 2.90. The van der Waals surface area contributed by atoms with Crippen molar-refractivity contribution in [1.29, 1.82) is 0 Å². The van der Waals surface area contributed by atoms with Crippen molar-refractivity contribution in [1.82, 2.24) is 4.98 Å². The van der Waals surface area contributed by atoms with Gasteiger partial charge in [-0.1, -0.05) is 39.0 Å². The van der Waals surface area contributed by atoms with Gasteiger partial charge in [-0.3, -0.25) is 4.79 Å². The maximum Gasteiger partial charge on any atom is 0.171 e. The number of benzene rings is 1. The summed E-state index contributed by atoms with van der Waals surface area (Å²) in [5.41, 5.74) is 1.04. The van der Waals surface area contributed by atoms with Crippen LogP contribution in [0.5, 0.6) is 0 Å². The largest absolute Gasteiger partial charge is 0.380 e. The Labute approximate surface area is 100 Å². The zero-order chi connectivity index (χ0) is 12.6. The fourth-order valence-electron chi connectivity index (χ4n) is 1.87. The van der Waals surface area contributed by atoms with E-state index in [-0.39, 0.29) is 5.78 Å². The molecule has 1 aromatic heterocycles. The standard InChI is InChI=1S/C14H17NO2/c1-14(2,3)13(17)12(16)10-8-15-11-7-5-4-6-9(10)11/h4-8,12,15-16H,1-3H3. The molecule has 2 rings (SSSR count). The first-order valence-electron chi connectivity index (χ1n) is 5.69. The molecular weight excluding hydrogens is 214 g/mol. The Morgan fingerprint density at radius 2 is 1.94 bits per heavy atom. The van der Waals surface area contributed by atoms with E-state index < -0.39 is 11.5 Å². The lowest BCUT2D eigenvalue weighted by molar-refractivity contribution is -0.135. The van der Waals surface area contributed by atoms with Crippen LogP contribution in [0.15, 0.2) is 30.5 Å². The lowest BCUT2D eigenvalue weighted by atomic mass is 9.85. The molecule has 1 atom stereocenters. The number of hydrogen-bond acceptors (Lipinski definition) is 2. The molecule has 2 N–H and O–H groups in total. The Bertz CT molecular complexity index is 549. The fourth-order valence-corrected chi connectivity index (χ4v) is 1.87. The van der Waals surface area contributed by atoms with Gasteiger partial charge < -0.3 is 10.1 Å². The summed E-state index contributed by atoms with van der Waals surface area (Å²) >= 11 is 0. The minimum Gasteiger partial charge on any atom is -0.380 e. The van der Waals surface area contributed by atoms with Crippen LogP contribution in [0.25, 0.3) is 10.9 Å². The van der Waals surface area contributed by atoms with Crippen LogP contribution in [-0.2, 0) is 4.79 Å². The predicted octanol–water partition coefficient (Wildman–Crippen LogP) is 2.82. The van der Waals surface area contributed by atoms with Gasteiger partial charge in [0.1, 0.15) is 6.10 Å². The number of Topliss-reactive ketones (excluding diaryl/α,β-unsaturated/α-hetero) is 1. The Morgan fingerprint density at radius 3 is 2.59 bits per heavy atom. The van der Waals surface area contributed by atoms with E-state index in [9.17, 15) is 9.90 Å². The summed E-state index contributed by atoms with van der Waals surface area (Å²) in [7, 11) is 0. The van der Waals surface area contributed by atoms with Gasteiger partial charge in [-0.05, 0) is 6.07 Å². The number of carbonyl (C=O) groups excluding carboxylic acids is 1. The van der Waals surface area contributed by atoms with E-state index in [2.05, 4.69) is 4.98 Å². The van der Waals surface area contributed by atoms with Gasteiger partial charge in [0.05, 0.1) is 0 Å². The minimum absolute atomic E-state index is 0.165. The Balaban J connectivity index is 2.44. The van der Waals surface area contributed by atoms with E-state index in [1.54, 1.807) is 6.20 Å². The summed E-state index contributed by atoms with van der Waals surface area (Å²) < 4.78 is 0. The molecule has 3 nitrogen and oxygen atoms in total. The number of aromatic nitrogens is 1. The molecule has 3 heteroatoms. The number of aromatic amines is 1. The van der Waals surface area contributed by atoms with Crippen molar-refractivity contribution < 1.29 is 9.90 Å². The molecule has 1 unspecified atom stereocenters. The molecule has 0 aliphatic carbocycles. The van der Waals surface area contributed by atoms with E-state index in [1.807, 2.05) is 45.0 Å². The van der Waals surface area contributed by atoms with Gasteiger partial charge in [0.2, 0.25) is 0 Å². The van der Waals surface area contributed by atoms with E-state index in [0.29, 0.717) is 5.56 Å². The number of aliphatic hydroxyl groups excluding tert-OH is 1. The molecular formula is C14H17NO2. The summed E-state index contributed by atoms with van der Waals surface area (Å²) in [6.07, 6.45) is 0.644. The zero-order valence-electron chi connectivity index (χ0n) is 10.3. The molecule has 0 fully saturated rings. The first-order chi connectivity index (χ1) is 7.91. The lowest BCUT2D eigenvalue weighted by Crippen LogP contribution is -2.26. The molecule has 17 heavy (non-hydrogen) atoms. The highest BCUT2D eigenvalue weighted by molar-refractivity contribution is 5.94. The lowest BCUT2D eigenvalue weighted by Gasteiger charge is -2.20. The normalized spacial score (nSPS) is 13.9. The number of H-pyrrole nitrogens is 1. The van der Waals surface area contributed by atoms with Gasteiger partial charge in [0.25, 0.3) is 0 Å². The highest BCUT2D eigenvalue weighted by Crippen LogP contribution is 2.30. The van der Waals surface area contributed by atoms with Gasteiger partial charge in [-0.25, -0.2) is 0 Å². The fraction of sp³-hybridized carbons (Fsp3) is 0.357. The zero-order valence-corrected chi connectivity index (χ0v) is 10.3. The van der Waals surface area contributed by atoms with Crippen LogP contribution < -0.4 is 0 Å². The Morgan fingerprint density at radius 1 is 1.29 bits per heavy atom. The molecule has 90 valence electrons. The van der Waals surface area contributed by atoms with Crippen LogP contribution in [0.4, 0.5) is 0 Å². The summed E-state index contributed by atoms with van der Waals surface area (Å²) in [6.45, 7) is 5.44. The van der Waals surface area contributed by atoms with Crippen molar-refractivity contribution in [3.63, 3.8) is 0 Å². The van der Waals surface area contributed by atoms with Crippen LogP contribution in [0.1, 0.15) is 32.4 Å². The molecule has 1 heterocycles. The predicted molar refractivity (Wildman–Crippen MR) is 67.7 cm³/mol. The van der Waals surface area contributed by atoms with Gasteiger partial charge in [0.15, 0.2) is 5.78 Å². The topological polar surface area (TPSA) is 53.1 Å². The molecule has 2 aromatic rings. The molecule has 0 radical (unpaired) electrons. The third kappa shape index (κ3) is 2.11. The van der Waals surface area contributed by atoms with Crippen molar-refractivity contribution in [2.24, 2.45) is 5.41 Å². The van der Waals surface area contributed by atoms with Crippen LogP contribution in [0, 0.1) is 5.41 Å².